The Kier molecular flexibility index (Phi) is 2.56. The molecule has 1 heterocycles. The molecule has 3 nitrogen and oxygen atoms in total. The third kappa shape index (κ3) is 1.81. The summed E-state index contributed by atoms with van der Waals surface area (Å²) in [6, 6.07) is 5.54. The highest BCUT2D eigenvalue weighted by Gasteiger charge is 2.04. The summed E-state index contributed by atoms with van der Waals surface area (Å²) < 4.78 is 2.62. The van der Waals surface area contributed by atoms with Crippen molar-refractivity contribution in [1.29, 1.82) is 0 Å². The van der Waals surface area contributed by atoms with E-state index in [1.54, 1.807) is 11.0 Å². The lowest BCUT2D eigenvalue weighted by atomic mass is 10.3. The van der Waals surface area contributed by atoms with Gasteiger partial charge in [-0.3, -0.25) is 0 Å². The van der Waals surface area contributed by atoms with E-state index in [0.717, 1.165) is 16.0 Å². The minimum atomic E-state index is 0.677. The molecule has 0 fully saturated rings. The van der Waals surface area contributed by atoms with Gasteiger partial charge in [-0.15, -0.1) is 0 Å². The molecule has 2 aromatic rings. The van der Waals surface area contributed by atoms with Gasteiger partial charge in [0.2, 0.25) is 0 Å². The van der Waals surface area contributed by atoms with Crippen LogP contribution in [0.2, 0.25) is 5.02 Å². The van der Waals surface area contributed by atoms with Gasteiger partial charge in [0.25, 0.3) is 0 Å². The van der Waals surface area contributed by atoms with E-state index in [9.17, 15) is 0 Å². The molecular weight excluding hydrogens is 265 g/mol. The van der Waals surface area contributed by atoms with Gasteiger partial charge in [0.1, 0.15) is 12.2 Å². The monoisotopic (exact) mass is 271 g/mol. The number of aromatic nitrogens is 3. The minimum absolute atomic E-state index is 0.677. The average Bonchev–Trinajstić information content (AvgIpc) is 2.56. The summed E-state index contributed by atoms with van der Waals surface area (Å²) >= 11 is 9.32. The van der Waals surface area contributed by atoms with E-state index < -0.39 is 0 Å². The highest BCUT2D eigenvalue weighted by Crippen LogP contribution is 2.23. The molecular formula is C9H7BrClN3. The second kappa shape index (κ2) is 3.71. The molecule has 2 rings (SSSR count). The number of hydrogen-bond donors (Lipinski definition) is 0. The minimum Gasteiger partial charge on any atom is -0.220 e. The Bertz CT molecular complexity index is 467. The van der Waals surface area contributed by atoms with Crippen LogP contribution in [0.3, 0.4) is 0 Å². The fraction of sp³-hybridized carbons (Fsp3) is 0.111. The summed E-state index contributed by atoms with van der Waals surface area (Å²) in [6.45, 7) is 1.84. The molecule has 0 N–H and O–H groups in total. The summed E-state index contributed by atoms with van der Waals surface area (Å²) in [7, 11) is 0. The van der Waals surface area contributed by atoms with Gasteiger partial charge >= 0.3 is 0 Å². The van der Waals surface area contributed by atoms with Crippen molar-refractivity contribution in [2.45, 2.75) is 6.92 Å². The van der Waals surface area contributed by atoms with Crippen LogP contribution < -0.4 is 0 Å². The lowest BCUT2D eigenvalue weighted by Crippen LogP contribution is -1.95. The van der Waals surface area contributed by atoms with Gasteiger partial charge < -0.3 is 0 Å². The maximum atomic E-state index is 5.89. The van der Waals surface area contributed by atoms with E-state index in [2.05, 4.69) is 26.0 Å². The molecule has 0 unspecified atom stereocenters. The Hall–Kier alpha value is -0.870. The molecule has 0 amide bonds. The van der Waals surface area contributed by atoms with Crippen LogP contribution in [0, 0.1) is 6.92 Å². The topological polar surface area (TPSA) is 30.7 Å². The predicted octanol–water partition coefficient (Wildman–Crippen LogP) is 2.99. The summed E-state index contributed by atoms with van der Waals surface area (Å²) in [6.07, 6.45) is 1.66. The molecule has 0 saturated carbocycles. The first-order chi connectivity index (χ1) is 6.66. The zero-order valence-corrected chi connectivity index (χ0v) is 9.75. The molecule has 14 heavy (non-hydrogen) atoms. The summed E-state index contributed by atoms with van der Waals surface area (Å²) in [5.74, 6) is 0.733. The fourth-order valence-corrected chi connectivity index (χ4v) is 1.72. The largest absolute Gasteiger partial charge is 0.220 e. The Morgan fingerprint density at radius 1 is 1.43 bits per heavy atom. The van der Waals surface area contributed by atoms with E-state index in [1.807, 2.05) is 25.1 Å². The van der Waals surface area contributed by atoms with Crippen LogP contribution in [0.15, 0.2) is 29.0 Å². The van der Waals surface area contributed by atoms with Crippen LogP contribution >= 0.6 is 27.5 Å². The highest BCUT2D eigenvalue weighted by molar-refractivity contribution is 9.10. The molecule has 72 valence electrons. The molecule has 0 atom stereocenters. The molecule has 5 heteroatoms. The number of hydrogen-bond acceptors (Lipinski definition) is 2. The van der Waals surface area contributed by atoms with Crippen LogP contribution in [0.25, 0.3) is 5.69 Å². The molecule has 0 spiro atoms. The number of halogens is 2. The lowest BCUT2D eigenvalue weighted by molar-refractivity contribution is 0.859. The molecule has 1 aromatic heterocycles. The fourth-order valence-electron chi connectivity index (χ4n) is 1.12. The first kappa shape index (κ1) is 9.68. The molecule has 1 aromatic carbocycles. The lowest BCUT2D eigenvalue weighted by Gasteiger charge is -2.03. The number of aryl methyl sites for hydroxylation is 1. The summed E-state index contributed by atoms with van der Waals surface area (Å²) in [5, 5.41) is 4.88. The molecule has 0 aliphatic rings. The van der Waals surface area contributed by atoms with Gasteiger partial charge in [-0.2, -0.15) is 5.10 Å². The van der Waals surface area contributed by atoms with Crippen molar-refractivity contribution in [3.8, 4) is 5.69 Å². The quantitative estimate of drug-likeness (QED) is 0.799. The van der Waals surface area contributed by atoms with Crippen LogP contribution in [-0.4, -0.2) is 14.8 Å². The second-order valence-electron chi connectivity index (χ2n) is 2.83. The van der Waals surface area contributed by atoms with E-state index in [0.29, 0.717) is 5.02 Å². The maximum absolute atomic E-state index is 5.89. The molecule has 0 saturated heterocycles. The smallest absolute Gasteiger partial charge is 0.147 e. The molecule has 0 aliphatic carbocycles. The number of benzene rings is 1. The Labute approximate surface area is 94.9 Å². The van der Waals surface area contributed by atoms with Gasteiger partial charge in [-0.05, 0) is 41.1 Å². The van der Waals surface area contributed by atoms with Crippen molar-refractivity contribution < 1.29 is 0 Å². The van der Waals surface area contributed by atoms with Gasteiger partial charge in [-0.1, -0.05) is 11.6 Å². The van der Waals surface area contributed by atoms with Crippen LogP contribution in [0.4, 0.5) is 0 Å². The molecule has 0 bridgehead atoms. The van der Waals surface area contributed by atoms with Gasteiger partial charge in [-0.25, -0.2) is 9.67 Å². The Morgan fingerprint density at radius 3 is 2.86 bits per heavy atom. The Balaban J connectivity index is 2.55. The van der Waals surface area contributed by atoms with Crippen LogP contribution in [0.5, 0.6) is 0 Å². The van der Waals surface area contributed by atoms with Gasteiger partial charge in [0.05, 0.1) is 5.69 Å². The first-order valence-corrected chi connectivity index (χ1v) is 5.17. The van der Waals surface area contributed by atoms with Crippen molar-refractivity contribution >= 4 is 27.5 Å². The first-order valence-electron chi connectivity index (χ1n) is 4.00. The van der Waals surface area contributed by atoms with Crippen molar-refractivity contribution in [3.05, 3.63) is 39.8 Å². The van der Waals surface area contributed by atoms with Crippen molar-refractivity contribution in [3.63, 3.8) is 0 Å². The van der Waals surface area contributed by atoms with Crippen LogP contribution in [0.1, 0.15) is 5.82 Å². The maximum Gasteiger partial charge on any atom is 0.147 e. The average molecular weight is 273 g/mol. The summed E-state index contributed by atoms with van der Waals surface area (Å²) in [5.41, 5.74) is 0.887. The standard InChI is InChI=1S/C9H7BrClN3/c1-6-12-5-14(13-6)9-4-7(11)2-3-8(9)10/h2-5H,1H3. The predicted molar refractivity (Wildman–Crippen MR) is 58.8 cm³/mol. The van der Waals surface area contributed by atoms with E-state index in [-0.39, 0.29) is 0 Å². The third-order valence-corrected chi connectivity index (χ3v) is 2.67. The van der Waals surface area contributed by atoms with Crippen molar-refractivity contribution in [2.24, 2.45) is 0 Å². The highest BCUT2D eigenvalue weighted by atomic mass is 79.9. The second-order valence-corrected chi connectivity index (χ2v) is 4.12. The molecule has 0 radical (unpaired) electrons. The zero-order chi connectivity index (χ0) is 10.1. The SMILES string of the molecule is Cc1ncn(-c2cc(Cl)ccc2Br)n1. The zero-order valence-electron chi connectivity index (χ0n) is 7.41. The van der Waals surface area contributed by atoms with E-state index in [4.69, 9.17) is 11.6 Å². The number of rotatable bonds is 1. The Morgan fingerprint density at radius 2 is 2.21 bits per heavy atom. The van der Waals surface area contributed by atoms with Crippen molar-refractivity contribution in [1.82, 2.24) is 14.8 Å². The third-order valence-electron chi connectivity index (χ3n) is 1.76. The normalized spacial score (nSPS) is 10.5. The molecule has 0 aliphatic heterocycles. The van der Waals surface area contributed by atoms with Crippen LogP contribution in [-0.2, 0) is 0 Å². The van der Waals surface area contributed by atoms with Gasteiger partial charge in [0, 0.05) is 9.50 Å². The number of nitrogens with zero attached hydrogens (tertiary/aromatic N) is 3. The van der Waals surface area contributed by atoms with Gasteiger partial charge in [0.15, 0.2) is 0 Å². The summed E-state index contributed by atoms with van der Waals surface area (Å²) in [4.78, 5) is 4.05. The van der Waals surface area contributed by atoms with Crippen molar-refractivity contribution in [2.75, 3.05) is 0 Å². The van der Waals surface area contributed by atoms with E-state index in [1.165, 1.54) is 0 Å². The van der Waals surface area contributed by atoms with E-state index >= 15 is 0 Å².